The number of anilines is 1. The number of carboxylic acids is 1. The molecule has 1 heterocycles. The third kappa shape index (κ3) is 3.01. The number of aromatic carboxylic acids is 1. The number of carbonyl (C=O) groups is 1. The second-order valence-corrected chi connectivity index (χ2v) is 6.99. The third-order valence-electron chi connectivity index (χ3n) is 2.87. The van der Waals surface area contributed by atoms with Crippen molar-refractivity contribution in [3.8, 4) is 5.75 Å². The number of benzene rings is 1. The predicted molar refractivity (Wildman–Crippen MR) is 77.2 cm³/mol. The van der Waals surface area contributed by atoms with Crippen LogP contribution in [0.15, 0.2) is 40.6 Å². The van der Waals surface area contributed by atoms with Crippen LogP contribution in [0.5, 0.6) is 5.75 Å². The summed E-state index contributed by atoms with van der Waals surface area (Å²) in [5, 5.41) is 12.0. The number of hydrogen-bond acceptors (Lipinski definition) is 6. The van der Waals surface area contributed by atoms with Gasteiger partial charge >= 0.3 is 0 Å². The first kappa shape index (κ1) is 15.3. The fourth-order valence-corrected chi connectivity index (χ4v) is 3.94. The largest absolute Gasteiger partial charge is 0.544 e. The van der Waals surface area contributed by atoms with Crippen molar-refractivity contribution < 1.29 is 23.1 Å². The van der Waals surface area contributed by atoms with E-state index in [9.17, 15) is 18.3 Å². The zero-order valence-electron chi connectivity index (χ0n) is 11.3. The maximum Gasteiger partial charge on any atom is 0.264 e. The Morgan fingerprint density at radius 3 is 2.38 bits per heavy atom. The van der Waals surface area contributed by atoms with E-state index in [2.05, 4.69) is 0 Å². The first-order valence-electron chi connectivity index (χ1n) is 5.79. The molecule has 1 aromatic heterocycles. The molecule has 2 rings (SSSR count). The molecule has 0 aliphatic heterocycles. The highest BCUT2D eigenvalue weighted by atomic mass is 32.2. The molecule has 1 aromatic carbocycles. The van der Waals surface area contributed by atoms with Crippen molar-refractivity contribution in [2.45, 2.75) is 4.90 Å². The summed E-state index contributed by atoms with van der Waals surface area (Å²) >= 11 is 0.815. The Labute approximate surface area is 126 Å². The van der Waals surface area contributed by atoms with E-state index in [1.54, 1.807) is 24.3 Å². The maximum absolute atomic E-state index is 12.4. The summed E-state index contributed by atoms with van der Waals surface area (Å²) in [6.45, 7) is 0. The summed E-state index contributed by atoms with van der Waals surface area (Å²) in [6.07, 6.45) is 0. The van der Waals surface area contributed by atoms with Crippen molar-refractivity contribution in [3.63, 3.8) is 0 Å². The molecule has 0 fully saturated rings. The van der Waals surface area contributed by atoms with Gasteiger partial charge in [-0.25, -0.2) is 8.42 Å². The average Bonchev–Trinajstić information content (AvgIpc) is 2.97. The molecule has 0 bridgehead atoms. The Balaban J connectivity index is 2.34. The lowest BCUT2D eigenvalue weighted by molar-refractivity contribution is -0.254. The lowest BCUT2D eigenvalue weighted by Gasteiger charge is -2.18. The van der Waals surface area contributed by atoms with Gasteiger partial charge in [0, 0.05) is 12.4 Å². The smallest absolute Gasteiger partial charge is 0.264 e. The monoisotopic (exact) mass is 326 g/mol. The molecule has 0 aliphatic carbocycles. The molecule has 6 nitrogen and oxygen atoms in total. The van der Waals surface area contributed by atoms with Gasteiger partial charge in [0.2, 0.25) is 0 Å². The molecule has 0 aliphatic rings. The van der Waals surface area contributed by atoms with E-state index >= 15 is 0 Å². The Bertz CT molecular complexity index is 749. The first-order valence-corrected chi connectivity index (χ1v) is 8.11. The number of nitrogens with zero attached hydrogens (tertiary/aromatic N) is 1. The molecule has 0 saturated heterocycles. The van der Waals surface area contributed by atoms with Crippen LogP contribution in [-0.2, 0) is 10.0 Å². The van der Waals surface area contributed by atoms with Crippen molar-refractivity contribution in [1.82, 2.24) is 0 Å². The van der Waals surface area contributed by atoms with E-state index in [0.29, 0.717) is 11.4 Å². The van der Waals surface area contributed by atoms with E-state index in [-0.39, 0.29) is 9.77 Å². The van der Waals surface area contributed by atoms with Crippen molar-refractivity contribution in [1.29, 1.82) is 0 Å². The fraction of sp³-hybridized carbons (Fsp3) is 0.154. The van der Waals surface area contributed by atoms with E-state index in [4.69, 9.17) is 4.74 Å². The van der Waals surface area contributed by atoms with Crippen molar-refractivity contribution in [2.75, 3.05) is 18.5 Å². The van der Waals surface area contributed by atoms with Crippen LogP contribution in [0, 0.1) is 0 Å². The van der Waals surface area contributed by atoms with Crippen LogP contribution in [0.3, 0.4) is 0 Å². The molecule has 0 amide bonds. The molecular weight excluding hydrogens is 314 g/mol. The van der Waals surface area contributed by atoms with Gasteiger partial charge in [-0.1, -0.05) is 0 Å². The van der Waals surface area contributed by atoms with E-state index in [1.807, 2.05) is 0 Å². The van der Waals surface area contributed by atoms with Crippen molar-refractivity contribution >= 4 is 33.0 Å². The van der Waals surface area contributed by atoms with Gasteiger partial charge in [0.15, 0.2) is 0 Å². The number of methoxy groups -OCH3 is 1. The van der Waals surface area contributed by atoms with Crippen LogP contribution < -0.4 is 14.1 Å². The number of hydrogen-bond donors (Lipinski definition) is 0. The van der Waals surface area contributed by atoms with Gasteiger partial charge in [0.1, 0.15) is 5.75 Å². The summed E-state index contributed by atoms with van der Waals surface area (Å²) in [4.78, 5) is 10.5. The lowest BCUT2D eigenvalue weighted by atomic mass is 10.3. The normalized spacial score (nSPS) is 11.1. The summed E-state index contributed by atoms with van der Waals surface area (Å²) in [6, 6.07) is 7.57. The van der Waals surface area contributed by atoms with E-state index in [0.717, 1.165) is 21.7 Å². The van der Waals surface area contributed by atoms with Crippen LogP contribution in [0.2, 0.25) is 0 Å². The zero-order chi connectivity index (χ0) is 15.6. The molecule has 0 radical (unpaired) electrons. The Kier molecular flexibility index (Phi) is 4.19. The number of carbonyl (C=O) groups excluding carboxylic acids is 1. The van der Waals surface area contributed by atoms with Gasteiger partial charge in [-0.15, -0.1) is 11.3 Å². The van der Waals surface area contributed by atoms with Crippen molar-refractivity contribution in [3.05, 3.63) is 40.6 Å². The van der Waals surface area contributed by atoms with Crippen LogP contribution in [-0.4, -0.2) is 28.5 Å². The molecule has 0 atom stereocenters. The summed E-state index contributed by atoms with van der Waals surface area (Å²) in [7, 11) is -0.900. The standard InChI is InChI=1S/C13H13NO5S2/c1-14(9-3-5-10(19-2)6-4-9)21(17,18)11-7-12(13(15)16)20-8-11/h3-8H,1-2H3,(H,15,16)/p-1. The molecule has 8 heteroatoms. The van der Waals surface area contributed by atoms with Crippen LogP contribution in [0.4, 0.5) is 5.69 Å². The van der Waals surface area contributed by atoms with Crippen molar-refractivity contribution in [2.24, 2.45) is 0 Å². The van der Waals surface area contributed by atoms with Gasteiger partial charge < -0.3 is 14.6 Å². The Hall–Kier alpha value is -2.06. The third-order valence-corrected chi connectivity index (χ3v) is 5.69. The molecule has 0 saturated carbocycles. The van der Waals surface area contributed by atoms with Crippen LogP contribution >= 0.6 is 11.3 Å². The second-order valence-electron chi connectivity index (χ2n) is 4.10. The average molecular weight is 326 g/mol. The molecule has 0 spiro atoms. The summed E-state index contributed by atoms with van der Waals surface area (Å²) in [5.74, 6) is -0.784. The summed E-state index contributed by atoms with van der Waals surface area (Å²) in [5.41, 5.74) is 0.442. The minimum Gasteiger partial charge on any atom is -0.544 e. The van der Waals surface area contributed by atoms with Gasteiger partial charge in [-0.2, -0.15) is 0 Å². The highest BCUT2D eigenvalue weighted by Gasteiger charge is 2.23. The Morgan fingerprint density at radius 1 is 1.29 bits per heavy atom. The van der Waals surface area contributed by atoms with Crippen LogP contribution in [0.1, 0.15) is 9.67 Å². The molecule has 0 unspecified atom stereocenters. The van der Waals surface area contributed by atoms with E-state index < -0.39 is 16.0 Å². The predicted octanol–water partition coefficient (Wildman–Crippen LogP) is 0.945. The van der Waals surface area contributed by atoms with Gasteiger partial charge in [0.05, 0.1) is 28.5 Å². The quantitative estimate of drug-likeness (QED) is 0.816. The minimum absolute atomic E-state index is 0.0787. The topological polar surface area (TPSA) is 86.7 Å². The number of ether oxygens (including phenoxy) is 1. The molecule has 0 N–H and O–H groups in total. The number of thiophene rings is 1. The molecule has 2 aromatic rings. The zero-order valence-corrected chi connectivity index (χ0v) is 12.9. The maximum atomic E-state index is 12.4. The Morgan fingerprint density at radius 2 is 1.90 bits per heavy atom. The fourth-order valence-electron chi connectivity index (χ4n) is 1.65. The van der Waals surface area contributed by atoms with Crippen LogP contribution in [0.25, 0.3) is 0 Å². The van der Waals surface area contributed by atoms with Gasteiger partial charge in [0.25, 0.3) is 10.0 Å². The molecule has 112 valence electrons. The second kappa shape index (κ2) is 5.74. The van der Waals surface area contributed by atoms with Gasteiger partial charge in [-0.3, -0.25) is 4.31 Å². The highest BCUT2D eigenvalue weighted by Crippen LogP contribution is 2.26. The molecular formula is C13H12NO5S2-. The van der Waals surface area contributed by atoms with E-state index in [1.165, 1.54) is 19.5 Å². The SMILES string of the molecule is COc1ccc(N(C)S(=O)(=O)c2csc(C(=O)[O-])c2)cc1. The first-order chi connectivity index (χ1) is 9.86. The highest BCUT2D eigenvalue weighted by molar-refractivity contribution is 7.93. The lowest BCUT2D eigenvalue weighted by Crippen LogP contribution is -2.26. The molecule has 21 heavy (non-hydrogen) atoms. The number of rotatable bonds is 5. The minimum atomic E-state index is -3.81. The number of sulfonamides is 1. The number of carboxylic acid groups (broad SMARTS) is 1. The van der Waals surface area contributed by atoms with Gasteiger partial charge in [-0.05, 0) is 30.3 Å². The summed E-state index contributed by atoms with van der Waals surface area (Å²) < 4.78 is 30.9.